The van der Waals surface area contributed by atoms with Gasteiger partial charge in [-0.05, 0) is 0 Å². The Kier molecular flexibility index (Phi) is 4.55. The van der Waals surface area contributed by atoms with E-state index in [0.29, 0.717) is 0 Å². The molecule has 0 spiro atoms. The summed E-state index contributed by atoms with van der Waals surface area (Å²) in [4.78, 5) is 28.9. The Morgan fingerprint density at radius 1 is 1.64 bits per heavy atom. The van der Waals surface area contributed by atoms with Crippen LogP contribution in [-0.4, -0.2) is 46.4 Å². The highest BCUT2D eigenvalue weighted by Gasteiger charge is 2.15. The maximum atomic E-state index is 11.0. The number of carbonyl (C=O) groups excluding carboxylic acids is 1. The Morgan fingerprint density at radius 2 is 2.14 bits per heavy atom. The van der Waals surface area contributed by atoms with E-state index in [1.165, 1.54) is 7.05 Å². The lowest BCUT2D eigenvalue weighted by molar-refractivity contribution is -0.121. The van der Waals surface area contributed by atoms with Crippen LogP contribution < -0.4 is 11.1 Å². The van der Waals surface area contributed by atoms with Crippen LogP contribution in [0.2, 0.25) is 0 Å². The summed E-state index contributed by atoms with van der Waals surface area (Å²) in [7, 11) is -2.81. The summed E-state index contributed by atoms with van der Waals surface area (Å²) in [5.74, 6) is -0.901. The van der Waals surface area contributed by atoms with E-state index in [1.807, 2.05) is 5.32 Å². The number of carbonyl (C=O) groups is 1. The monoisotopic (exact) mass is 224 g/mol. The molecule has 0 atom stereocenters. The molecule has 0 aliphatic rings. The Balaban J connectivity index is 3.89. The molecule has 0 fully saturated rings. The van der Waals surface area contributed by atoms with Gasteiger partial charge in [-0.3, -0.25) is 14.8 Å². The van der Waals surface area contributed by atoms with Crippen LogP contribution in [0, 0.1) is 5.41 Å². The number of likely N-dealkylation sites (N-methyl/N-ethyl adjacent to an activating group) is 1. The van der Waals surface area contributed by atoms with Gasteiger partial charge in [0, 0.05) is 7.05 Å². The predicted octanol–water partition coefficient (Wildman–Crippen LogP) is -1.94. The third kappa shape index (κ3) is 6.41. The van der Waals surface area contributed by atoms with Crippen molar-refractivity contribution in [3.8, 4) is 0 Å². The van der Waals surface area contributed by atoms with E-state index in [4.69, 9.17) is 20.9 Å². The fourth-order valence-corrected chi connectivity index (χ4v) is 0.930. The molecule has 0 aliphatic carbocycles. The third-order valence-electron chi connectivity index (χ3n) is 1.27. The zero-order valence-electron chi connectivity index (χ0n) is 7.60. The fourth-order valence-electron chi connectivity index (χ4n) is 0.548. The van der Waals surface area contributed by atoms with Gasteiger partial charge in [0.05, 0.1) is 6.54 Å². The number of hydrogen-bond acceptors (Lipinski definition) is 3. The molecule has 0 aromatic carbocycles. The molecule has 0 heterocycles. The number of rotatable bonds is 4. The summed E-state index contributed by atoms with van der Waals surface area (Å²) in [5, 5.41) is 8.93. The predicted molar refractivity (Wildman–Crippen MR) is 49.6 cm³/mol. The van der Waals surface area contributed by atoms with Gasteiger partial charge in [0.2, 0.25) is 5.91 Å². The Hall–Kier alpha value is -1.11. The normalized spacial score (nSPS) is 10.8. The van der Waals surface area contributed by atoms with Crippen LogP contribution in [0.5, 0.6) is 0 Å². The van der Waals surface area contributed by atoms with Gasteiger partial charge < -0.3 is 25.7 Å². The van der Waals surface area contributed by atoms with Crippen molar-refractivity contribution in [2.45, 2.75) is 0 Å². The van der Waals surface area contributed by atoms with Crippen molar-refractivity contribution in [2.75, 3.05) is 19.9 Å². The van der Waals surface area contributed by atoms with Gasteiger partial charge in [-0.25, -0.2) is 0 Å². The minimum atomic E-state index is -4.22. The van der Waals surface area contributed by atoms with Gasteiger partial charge in [-0.1, -0.05) is 0 Å². The SMILES string of the molecule is CN(CC(=O)NCP(=O)(O)O)C(=N)N. The van der Waals surface area contributed by atoms with Gasteiger partial charge in [0.15, 0.2) is 5.96 Å². The standard InChI is InChI=1S/C5H13N4O4P/c1-9(5(6)7)2-4(10)8-3-14(11,12)13/h2-3H2,1H3,(H3,6,7)(H,8,10)(H2,11,12,13). The maximum Gasteiger partial charge on any atom is 0.344 e. The fraction of sp³-hybridized carbons (Fsp3) is 0.600. The van der Waals surface area contributed by atoms with Crippen molar-refractivity contribution in [1.82, 2.24) is 10.2 Å². The summed E-state index contributed by atoms with van der Waals surface area (Å²) in [5.41, 5.74) is 5.04. The molecule has 0 bridgehead atoms. The van der Waals surface area contributed by atoms with Crippen LogP contribution >= 0.6 is 7.60 Å². The largest absolute Gasteiger partial charge is 0.370 e. The van der Waals surface area contributed by atoms with Crippen molar-refractivity contribution in [3.05, 3.63) is 0 Å². The lowest BCUT2D eigenvalue weighted by atomic mass is 10.5. The van der Waals surface area contributed by atoms with Crippen LogP contribution in [0.25, 0.3) is 0 Å². The zero-order chi connectivity index (χ0) is 11.4. The second-order valence-electron chi connectivity index (χ2n) is 2.66. The zero-order valence-corrected chi connectivity index (χ0v) is 8.49. The molecular formula is C5H13N4O4P. The van der Waals surface area contributed by atoms with Gasteiger partial charge in [-0.2, -0.15) is 0 Å². The first-order chi connectivity index (χ1) is 6.22. The van der Waals surface area contributed by atoms with Gasteiger partial charge >= 0.3 is 7.60 Å². The number of hydrogen-bond donors (Lipinski definition) is 5. The molecule has 0 saturated heterocycles. The number of amides is 1. The summed E-state index contributed by atoms with van der Waals surface area (Å²) in [6, 6.07) is 0. The molecule has 6 N–H and O–H groups in total. The number of nitrogens with zero attached hydrogens (tertiary/aromatic N) is 1. The molecule has 14 heavy (non-hydrogen) atoms. The summed E-state index contributed by atoms with van der Waals surface area (Å²) in [6.07, 6.45) is -0.711. The molecule has 0 aliphatic heterocycles. The molecule has 82 valence electrons. The minimum absolute atomic E-state index is 0.213. The average Bonchev–Trinajstić information content (AvgIpc) is 1.99. The van der Waals surface area contributed by atoms with E-state index in [9.17, 15) is 9.36 Å². The smallest absolute Gasteiger partial charge is 0.344 e. The first-order valence-electron chi connectivity index (χ1n) is 3.59. The topological polar surface area (TPSA) is 140 Å². The number of nitrogens with one attached hydrogen (secondary N) is 2. The second-order valence-corrected chi connectivity index (χ2v) is 4.31. The van der Waals surface area contributed by atoms with Crippen molar-refractivity contribution in [3.63, 3.8) is 0 Å². The molecule has 0 aromatic rings. The minimum Gasteiger partial charge on any atom is -0.370 e. The third-order valence-corrected chi connectivity index (χ3v) is 1.84. The summed E-state index contributed by atoms with van der Waals surface area (Å²) < 4.78 is 10.4. The number of guanidine groups is 1. The highest BCUT2D eigenvalue weighted by atomic mass is 31.2. The molecule has 8 nitrogen and oxygen atoms in total. The van der Waals surface area contributed by atoms with Crippen LogP contribution in [0.1, 0.15) is 0 Å². The van der Waals surface area contributed by atoms with Crippen molar-refractivity contribution < 1.29 is 19.1 Å². The number of nitrogens with two attached hydrogens (primary N) is 1. The van der Waals surface area contributed by atoms with Crippen LogP contribution in [-0.2, 0) is 9.36 Å². The Bertz CT molecular complexity index is 275. The van der Waals surface area contributed by atoms with Crippen molar-refractivity contribution in [2.24, 2.45) is 5.73 Å². The first kappa shape index (κ1) is 12.9. The highest BCUT2D eigenvalue weighted by molar-refractivity contribution is 7.51. The van der Waals surface area contributed by atoms with Crippen LogP contribution in [0.4, 0.5) is 0 Å². The molecule has 0 saturated carbocycles. The average molecular weight is 224 g/mol. The van der Waals surface area contributed by atoms with Crippen molar-refractivity contribution in [1.29, 1.82) is 5.41 Å². The highest BCUT2D eigenvalue weighted by Crippen LogP contribution is 2.31. The molecule has 1 amide bonds. The lowest BCUT2D eigenvalue weighted by Crippen LogP contribution is -2.41. The van der Waals surface area contributed by atoms with E-state index in [0.717, 1.165) is 4.90 Å². The van der Waals surface area contributed by atoms with Gasteiger partial charge in [0.25, 0.3) is 0 Å². The van der Waals surface area contributed by atoms with E-state index in [2.05, 4.69) is 0 Å². The molecular weight excluding hydrogens is 211 g/mol. The Morgan fingerprint density at radius 3 is 2.50 bits per heavy atom. The van der Waals surface area contributed by atoms with Crippen LogP contribution in [0.3, 0.4) is 0 Å². The first-order valence-corrected chi connectivity index (χ1v) is 5.38. The van der Waals surface area contributed by atoms with Crippen molar-refractivity contribution >= 4 is 19.5 Å². The Labute approximate surface area is 80.7 Å². The molecule has 0 aromatic heterocycles. The molecule has 0 unspecified atom stereocenters. The molecule has 0 rings (SSSR count). The second kappa shape index (κ2) is 4.94. The van der Waals surface area contributed by atoms with E-state index < -0.39 is 19.8 Å². The van der Waals surface area contributed by atoms with Gasteiger partial charge in [0.1, 0.15) is 6.29 Å². The van der Waals surface area contributed by atoms with E-state index in [1.54, 1.807) is 0 Å². The van der Waals surface area contributed by atoms with E-state index in [-0.39, 0.29) is 12.5 Å². The summed E-state index contributed by atoms with van der Waals surface area (Å²) >= 11 is 0. The molecule has 9 heteroatoms. The lowest BCUT2D eigenvalue weighted by Gasteiger charge is -2.15. The maximum absolute atomic E-state index is 11.0. The summed E-state index contributed by atoms with van der Waals surface area (Å²) in [6.45, 7) is -0.213. The van der Waals surface area contributed by atoms with E-state index >= 15 is 0 Å². The van der Waals surface area contributed by atoms with Crippen LogP contribution in [0.15, 0.2) is 0 Å². The quantitative estimate of drug-likeness (QED) is 0.214. The molecule has 0 radical (unpaired) electrons. The van der Waals surface area contributed by atoms with Gasteiger partial charge in [-0.15, -0.1) is 0 Å².